The molecule has 0 spiro atoms. The van der Waals surface area contributed by atoms with Crippen LogP contribution in [-0.4, -0.2) is 15.9 Å². The average Bonchev–Trinajstić information content (AvgIpc) is 2.96. The summed E-state index contributed by atoms with van der Waals surface area (Å²) in [4.78, 5) is 23.8. The highest BCUT2D eigenvalue weighted by Gasteiger charge is 2.20. The molecule has 0 fully saturated rings. The first-order valence-corrected chi connectivity index (χ1v) is 9.65. The molecule has 0 radical (unpaired) electrons. The maximum absolute atomic E-state index is 11.1. The van der Waals surface area contributed by atoms with Crippen molar-refractivity contribution in [1.29, 1.82) is 0 Å². The smallest absolute Gasteiger partial charge is 0.221 e. The second-order valence-corrected chi connectivity index (χ2v) is 8.02. The van der Waals surface area contributed by atoms with Gasteiger partial charge in [0.05, 0.1) is 0 Å². The van der Waals surface area contributed by atoms with E-state index in [9.17, 15) is 4.79 Å². The predicted molar refractivity (Wildman–Crippen MR) is 98.9 cm³/mol. The molecule has 24 heavy (non-hydrogen) atoms. The van der Waals surface area contributed by atoms with E-state index in [2.05, 4.69) is 15.3 Å². The highest BCUT2D eigenvalue weighted by molar-refractivity contribution is 7.99. The Morgan fingerprint density at radius 2 is 1.96 bits per heavy atom. The van der Waals surface area contributed by atoms with Crippen LogP contribution in [0, 0.1) is 0 Å². The Balaban J connectivity index is 1.67. The maximum atomic E-state index is 11.1. The van der Waals surface area contributed by atoms with Crippen molar-refractivity contribution in [3.63, 3.8) is 0 Å². The Kier molecular flexibility index (Phi) is 4.24. The molecule has 0 unspecified atom stereocenters. The first-order chi connectivity index (χ1) is 11.7. The van der Waals surface area contributed by atoms with E-state index in [0.717, 1.165) is 26.9 Å². The van der Waals surface area contributed by atoms with Crippen LogP contribution in [-0.2, 0) is 17.6 Å². The minimum absolute atomic E-state index is 0.0576. The lowest BCUT2D eigenvalue weighted by Crippen LogP contribution is -2.05. The normalized spacial score (nSPS) is 13.7. The molecule has 0 atom stereocenters. The van der Waals surface area contributed by atoms with Crippen LogP contribution in [0.25, 0.3) is 10.2 Å². The lowest BCUT2D eigenvalue weighted by molar-refractivity contribution is -0.114. The number of aryl methyl sites for hydroxylation is 2. The molecule has 1 amide bonds. The highest BCUT2D eigenvalue weighted by Crippen LogP contribution is 2.41. The number of nitrogens with zero attached hydrogens (tertiary/aromatic N) is 2. The molecule has 122 valence electrons. The minimum atomic E-state index is -0.0576. The van der Waals surface area contributed by atoms with Gasteiger partial charge in [0.25, 0.3) is 0 Å². The van der Waals surface area contributed by atoms with Gasteiger partial charge in [-0.3, -0.25) is 4.79 Å². The lowest BCUT2D eigenvalue weighted by atomic mass is 9.97. The van der Waals surface area contributed by atoms with Gasteiger partial charge in [0.2, 0.25) is 5.91 Å². The van der Waals surface area contributed by atoms with Crippen LogP contribution >= 0.6 is 23.1 Å². The Morgan fingerprint density at radius 1 is 1.17 bits per heavy atom. The van der Waals surface area contributed by atoms with Crippen LogP contribution in [0.1, 0.15) is 30.2 Å². The predicted octanol–water partition coefficient (Wildman–Crippen LogP) is 4.68. The molecule has 3 aromatic rings. The van der Waals surface area contributed by atoms with Crippen molar-refractivity contribution in [2.45, 2.75) is 42.5 Å². The third kappa shape index (κ3) is 3.03. The molecule has 0 saturated carbocycles. The van der Waals surface area contributed by atoms with Crippen molar-refractivity contribution in [3.05, 3.63) is 41.0 Å². The summed E-state index contributed by atoms with van der Waals surface area (Å²) < 4.78 is 0. The summed E-state index contributed by atoms with van der Waals surface area (Å²) in [6, 6.07) is 7.88. The fourth-order valence-electron chi connectivity index (χ4n) is 3.06. The standard InChI is InChI=1S/C18H17N3OS2/c1-11(22)21-12-6-8-13(9-7-12)23-17-16-14-4-2-3-5-15(14)24-18(16)20-10-19-17/h6-10H,2-5H2,1H3,(H,21,22). The quantitative estimate of drug-likeness (QED) is 0.693. The molecule has 0 aliphatic heterocycles. The zero-order valence-electron chi connectivity index (χ0n) is 13.3. The van der Waals surface area contributed by atoms with Gasteiger partial charge in [0.15, 0.2) is 0 Å². The van der Waals surface area contributed by atoms with Crippen molar-refractivity contribution >= 4 is 44.9 Å². The number of hydrogen-bond acceptors (Lipinski definition) is 5. The van der Waals surface area contributed by atoms with Gasteiger partial charge in [0.1, 0.15) is 16.2 Å². The minimum Gasteiger partial charge on any atom is -0.326 e. The highest BCUT2D eigenvalue weighted by atomic mass is 32.2. The molecule has 1 aromatic carbocycles. The summed E-state index contributed by atoms with van der Waals surface area (Å²) in [5.74, 6) is -0.0576. The number of amides is 1. The average molecular weight is 355 g/mol. The molecule has 6 heteroatoms. The van der Waals surface area contributed by atoms with Crippen LogP contribution in [0.15, 0.2) is 40.5 Å². The van der Waals surface area contributed by atoms with Gasteiger partial charge in [-0.25, -0.2) is 9.97 Å². The molecule has 0 saturated heterocycles. The van der Waals surface area contributed by atoms with Gasteiger partial charge in [0, 0.05) is 27.8 Å². The first-order valence-electron chi connectivity index (χ1n) is 8.01. The topological polar surface area (TPSA) is 54.9 Å². The number of hydrogen-bond donors (Lipinski definition) is 1. The van der Waals surface area contributed by atoms with Crippen molar-refractivity contribution < 1.29 is 4.79 Å². The summed E-state index contributed by atoms with van der Waals surface area (Å²) >= 11 is 3.49. The second-order valence-electron chi connectivity index (χ2n) is 5.88. The van der Waals surface area contributed by atoms with Crippen LogP contribution in [0.4, 0.5) is 5.69 Å². The van der Waals surface area contributed by atoms with Crippen LogP contribution in [0.3, 0.4) is 0 Å². The van der Waals surface area contributed by atoms with E-state index in [0.29, 0.717) is 0 Å². The van der Waals surface area contributed by atoms with Crippen LogP contribution in [0.5, 0.6) is 0 Å². The van der Waals surface area contributed by atoms with Crippen LogP contribution < -0.4 is 5.32 Å². The Labute approximate surface area is 148 Å². The van der Waals surface area contributed by atoms with E-state index in [1.165, 1.54) is 42.0 Å². The van der Waals surface area contributed by atoms with E-state index in [1.54, 1.807) is 18.1 Å². The SMILES string of the molecule is CC(=O)Nc1ccc(Sc2ncnc3sc4c(c23)CCCC4)cc1. The summed E-state index contributed by atoms with van der Waals surface area (Å²) in [5.41, 5.74) is 2.27. The zero-order valence-corrected chi connectivity index (χ0v) is 15.0. The van der Waals surface area contributed by atoms with E-state index >= 15 is 0 Å². The van der Waals surface area contributed by atoms with Crippen LogP contribution in [0.2, 0.25) is 0 Å². The largest absolute Gasteiger partial charge is 0.326 e. The Bertz CT molecular complexity index is 903. The first kappa shape index (κ1) is 15.6. The molecule has 2 heterocycles. The van der Waals surface area contributed by atoms with Gasteiger partial charge in [-0.1, -0.05) is 11.8 Å². The van der Waals surface area contributed by atoms with Crippen molar-refractivity contribution in [2.75, 3.05) is 5.32 Å². The maximum Gasteiger partial charge on any atom is 0.221 e. The third-order valence-electron chi connectivity index (χ3n) is 4.11. The Hall–Kier alpha value is -1.92. The lowest BCUT2D eigenvalue weighted by Gasteiger charge is -2.11. The fraction of sp³-hybridized carbons (Fsp3) is 0.278. The molecule has 4 rings (SSSR count). The summed E-state index contributed by atoms with van der Waals surface area (Å²) in [7, 11) is 0. The number of thiophene rings is 1. The third-order valence-corrected chi connectivity index (χ3v) is 6.32. The number of nitrogens with one attached hydrogen (secondary N) is 1. The van der Waals surface area contributed by atoms with Crippen molar-refractivity contribution in [1.82, 2.24) is 9.97 Å². The molecule has 2 aromatic heterocycles. The fourth-order valence-corrected chi connectivity index (χ4v) is 5.27. The number of benzene rings is 1. The van der Waals surface area contributed by atoms with Gasteiger partial charge in [-0.2, -0.15) is 0 Å². The summed E-state index contributed by atoms with van der Waals surface area (Å²) in [5, 5.41) is 5.07. The molecule has 1 aliphatic carbocycles. The van der Waals surface area contributed by atoms with E-state index in [-0.39, 0.29) is 5.91 Å². The summed E-state index contributed by atoms with van der Waals surface area (Å²) in [6.07, 6.45) is 6.51. The molecular formula is C18H17N3OS2. The second kappa shape index (κ2) is 6.53. The monoisotopic (exact) mass is 355 g/mol. The molecule has 4 nitrogen and oxygen atoms in total. The molecule has 1 aliphatic rings. The number of aromatic nitrogens is 2. The van der Waals surface area contributed by atoms with Crippen molar-refractivity contribution in [2.24, 2.45) is 0 Å². The Morgan fingerprint density at radius 3 is 2.75 bits per heavy atom. The number of carbonyl (C=O) groups excluding carboxylic acids is 1. The summed E-state index contributed by atoms with van der Waals surface area (Å²) in [6.45, 7) is 1.51. The molecular weight excluding hydrogens is 338 g/mol. The number of rotatable bonds is 3. The van der Waals surface area contributed by atoms with Gasteiger partial charge < -0.3 is 5.32 Å². The van der Waals surface area contributed by atoms with E-state index in [1.807, 2.05) is 35.6 Å². The number of anilines is 1. The molecule has 0 bridgehead atoms. The van der Waals surface area contributed by atoms with Gasteiger partial charge >= 0.3 is 0 Å². The zero-order chi connectivity index (χ0) is 16.5. The number of carbonyl (C=O) groups is 1. The number of fused-ring (bicyclic) bond motifs is 3. The molecule has 1 N–H and O–H groups in total. The van der Waals surface area contributed by atoms with E-state index in [4.69, 9.17) is 0 Å². The van der Waals surface area contributed by atoms with E-state index < -0.39 is 0 Å². The van der Waals surface area contributed by atoms with Gasteiger partial charge in [-0.15, -0.1) is 11.3 Å². The van der Waals surface area contributed by atoms with Gasteiger partial charge in [-0.05, 0) is 55.5 Å². The van der Waals surface area contributed by atoms with Crippen molar-refractivity contribution in [3.8, 4) is 0 Å².